The molecule has 10 heavy (non-hydrogen) atoms. The average molecular weight is 194 g/mol. The Morgan fingerprint density at radius 3 is 1.00 bits per heavy atom. The summed E-state index contributed by atoms with van der Waals surface area (Å²) in [5.41, 5.74) is 0. The van der Waals surface area contributed by atoms with E-state index in [1.165, 1.54) is 0 Å². The van der Waals surface area contributed by atoms with Gasteiger partial charge in [-0.2, -0.15) is 0 Å². The van der Waals surface area contributed by atoms with Crippen molar-refractivity contribution in [3.8, 4) is 0 Å². The fourth-order valence-electron chi connectivity index (χ4n) is 0. The van der Waals surface area contributed by atoms with Gasteiger partial charge in [-0.05, 0) is 0 Å². The molecular formula is H5F2LiMgO4Si2. The van der Waals surface area contributed by atoms with Gasteiger partial charge in [0.1, 0.15) is 0 Å². The van der Waals surface area contributed by atoms with Crippen molar-refractivity contribution in [1.82, 2.24) is 0 Å². The van der Waals surface area contributed by atoms with Gasteiger partial charge in [0.05, 0.1) is 0 Å². The van der Waals surface area contributed by atoms with Crippen LogP contribution in [0.4, 0.5) is 8.22 Å². The van der Waals surface area contributed by atoms with Gasteiger partial charge in [-0.15, -0.1) is 0 Å². The fraction of sp³-hybridized carbons (Fsp3) is 0. The van der Waals surface area contributed by atoms with Crippen molar-refractivity contribution in [2.75, 3.05) is 0 Å². The smallest absolute Gasteiger partial charge is 0.816 e. The van der Waals surface area contributed by atoms with E-state index in [-0.39, 0.29) is 41.9 Å². The van der Waals surface area contributed by atoms with Crippen molar-refractivity contribution in [3.05, 3.63) is 0 Å². The van der Waals surface area contributed by atoms with E-state index in [1.807, 2.05) is 0 Å². The third-order valence-corrected chi connectivity index (χ3v) is 0. The van der Waals surface area contributed by atoms with Crippen molar-refractivity contribution >= 4 is 61.1 Å². The first-order valence-electron chi connectivity index (χ1n) is 1.42. The Labute approximate surface area is 88.3 Å². The Hall–Kier alpha value is 1.50. The van der Waals surface area contributed by atoms with Crippen LogP contribution in [0.2, 0.25) is 0 Å². The second kappa shape index (κ2) is 16.8. The molecule has 0 spiro atoms. The maximum absolute atomic E-state index is 10.1. The number of halogens is 2. The molecule has 0 aromatic carbocycles. The Bertz CT molecular complexity index is 36.7. The predicted octanol–water partition coefficient (Wildman–Crippen LogP) is -4.98. The zero-order chi connectivity index (χ0) is 7.15. The molecule has 2 atom stereocenters. The van der Waals surface area contributed by atoms with Crippen LogP contribution in [-0.2, 0) is 0 Å². The van der Waals surface area contributed by atoms with E-state index in [9.17, 15) is 8.22 Å². The van der Waals surface area contributed by atoms with Crippen LogP contribution < -0.4 is 9.59 Å². The van der Waals surface area contributed by atoms with Crippen molar-refractivity contribution in [2.24, 2.45) is 0 Å². The van der Waals surface area contributed by atoms with E-state index < -0.39 is 19.2 Å². The summed E-state index contributed by atoms with van der Waals surface area (Å²) in [5, 5.41) is 0. The number of hydrogen-bond acceptors (Lipinski definition) is 4. The van der Waals surface area contributed by atoms with Gasteiger partial charge in [-0.25, -0.2) is 0 Å². The van der Waals surface area contributed by atoms with Gasteiger partial charge in [0.2, 0.25) is 0 Å². The van der Waals surface area contributed by atoms with Crippen LogP contribution in [0.25, 0.3) is 0 Å². The third kappa shape index (κ3) is 306. The molecule has 0 aromatic heterocycles. The van der Waals surface area contributed by atoms with Gasteiger partial charge < -0.3 is 27.4 Å². The van der Waals surface area contributed by atoms with Crippen LogP contribution >= 0.6 is 0 Å². The van der Waals surface area contributed by atoms with Crippen LogP contribution in [-0.4, -0.2) is 70.7 Å². The summed E-state index contributed by atoms with van der Waals surface area (Å²) in [5.74, 6) is 0. The second-order valence-electron chi connectivity index (χ2n) is 0.584. The number of hydrogen-bond donors (Lipinski definition) is 2. The molecule has 0 amide bonds. The minimum Gasteiger partial charge on any atom is -0.816 e. The third-order valence-electron chi connectivity index (χ3n) is 0. The average Bonchev–Trinajstić information content (AvgIpc) is 1.25. The Kier molecular flexibility index (Phi) is 38.0. The van der Waals surface area contributed by atoms with Crippen molar-refractivity contribution in [2.45, 2.75) is 0 Å². The summed E-state index contributed by atoms with van der Waals surface area (Å²) in [6.45, 7) is 0. The van der Waals surface area contributed by atoms with Gasteiger partial charge >= 0.3 is 41.9 Å². The molecular weight excluding hydrogens is 189 g/mol. The first-order valence-corrected chi connectivity index (χ1v) is 4.27. The van der Waals surface area contributed by atoms with E-state index in [4.69, 9.17) is 19.2 Å². The summed E-state index contributed by atoms with van der Waals surface area (Å²) in [4.78, 5) is 31.1. The van der Waals surface area contributed by atoms with Crippen molar-refractivity contribution in [1.29, 1.82) is 0 Å². The van der Waals surface area contributed by atoms with E-state index in [1.54, 1.807) is 0 Å². The Balaban J connectivity index is -0.0000000300. The molecule has 0 heterocycles. The molecule has 0 aromatic rings. The monoisotopic (exact) mass is 194 g/mol. The van der Waals surface area contributed by atoms with Gasteiger partial charge in [0.25, 0.3) is 19.2 Å². The van der Waals surface area contributed by atoms with Crippen molar-refractivity contribution < 1.29 is 27.4 Å². The summed E-state index contributed by atoms with van der Waals surface area (Å²) in [7, 11) is -7.78. The maximum Gasteiger partial charge on any atom is 2.00 e. The summed E-state index contributed by atoms with van der Waals surface area (Å²) >= 11 is 0. The van der Waals surface area contributed by atoms with Crippen LogP contribution in [0.15, 0.2) is 0 Å². The molecule has 4 nitrogen and oxygen atoms in total. The van der Waals surface area contributed by atoms with E-state index >= 15 is 0 Å². The Morgan fingerprint density at radius 1 is 1.00 bits per heavy atom. The minimum absolute atomic E-state index is 0. The van der Waals surface area contributed by atoms with Crippen LogP contribution in [0.3, 0.4) is 0 Å². The van der Waals surface area contributed by atoms with Gasteiger partial charge in [-0.3, -0.25) is 0 Å². The summed E-state index contributed by atoms with van der Waals surface area (Å²) in [6, 6.07) is 0. The first-order chi connectivity index (χ1) is 3.46. The SMILES string of the molecule is [LiH].[Mg+2].[O-][SiH](O)F.[O-][SiH](O)F. The first kappa shape index (κ1) is 22.5. The number of rotatable bonds is 0. The zero-order valence-electron chi connectivity index (χ0n) is 4.33. The normalized spacial score (nSPS) is 12.6. The van der Waals surface area contributed by atoms with Crippen LogP contribution in [0, 0.1) is 0 Å². The molecule has 0 saturated heterocycles. The minimum atomic E-state index is -3.89. The Morgan fingerprint density at radius 2 is 1.00 bits per heavy atom. The molecule has 0 fully saturated rings. The van der Waals surface area contributed by atoms with Crippen molar-refractivity contribution in [3.63, 3.8) is 0 Å². The standard InChI is InChI=1S/2FH2O2Si.Li.Mg.H/c2*1-4(2)3;;;/h2*2,4H;;;/q2*-1;;+2;. The van der Waals surface area contributed by atoms with E-state index in [0.29, 0.717) is 0 Å². The van der Waals surface area contributed by atoms with Crippen LogP contribution in [0.1, 0.15) is 0 Å². The van der Waals surface area contributed by atoms with Crippen LogP contribution in [0.5, 0.6) is 0 Å². The topological polar surface area (TPSA) is 86.6 Å². The molecule has 54 valence electrons. The molecule has 0 saturated carbocycles. The zero-order valence-corrected chi connectivity index (χ0v) is 8.05. The maximum atomic E-state index is 10.1. The molecule has 0 radical (unpaired) electrons. The second-order valence-corrected chi connectivity index (χ2v) is 1.75. The van der Waals surface area contributed by atoms with Gasteiger partial charge in [0, 0.05) is 0 Å². The molecule has 0 rings (SSSR count). The summed E-state index contributed by atoms with van der Waals surface area (Å²) < 4.78 is 20.3. The molecule has 10 heteroatoms. The predicted molar refractivity (Wildman–Crippen MR) is 33.9 cm³/mol. The summed E-state index contributed by atoms with van der Waals surface area (Å²) in [6.07, 6.45) is 0. The largest absolute Gasteiger partial charge is 2.00 e. The van der Waals surface area contributed by atoms with E-state index in [2.05, 4.69) is 0 Å². The molecule has 0 aliphatic carbocycles. The van der Waals surface area contributed by atoms with E-state index in [0.717, 1.165) is 0 Å². The molecule has 2 N–H and O–H groups in total. The van der Waals surface area contributed by atoms with Gasteiger partial charge in [-0.1, -0.05) is 0 Å². The van der Waals surface area contributed by atoms with Gasteiger partial charge in [0.15, 0.2) is 0 Å². The quantitative estimate of drug-likeness (QED) is 0.299. The molecule has 0 aliphatic heterocycles. The molecule has 0 bridgehead atoms. The molecule has 2 unspecified atom stereocenters. The fourth-order valence-corrected chi connectivity index (χ4v) is 0. The molecule has 0 aliphatic rings.